The van der Waals surface area contributed by atoms with Crippen LogP contribution >= 0.6 is 11.3 Å². The summed E-state index contributed by atoms with van der Waals surface area (Å²) in [5.74, 6) is -0.870. The molecule has 1 saturated heterocycles. The van der Waals surface area contributed by atoms with E-state index in [1.54, 1.807) is 41.3 Å². The number of carbonyl (C=O) groups excluding carboxylic acids is 3. The van der Waals surface area contributed by atoms with Gasteiger partial charge in [-0.05, 0) is 49.2 Å². The molecule has 1 aliphatic rings. The monoisotopic (exact) mass is 450 g/mol. The van der Waals surface area contributed by atoms with Gasteiger partial charge in [-0.3, -0.25) is 9.59 Å². The summed E-state index contributed by atoms with van der Waals surface area (Å²) in [4.78, 5) is 39.2. The zero-order valence-electron chi connectivity index (χ0n) is 16.4. The number of carbonyl (C=O) groups is 3. The van der Waals surface area contributed by atoms with Crippen molar-refractivity contribution < 1.29 is 27.5 Å². The Hall–Kier alpha value is -2.56. The van der Waals surface area contributed by atoms with Gasteiger partial charge >= 0.3 is 5.97 Å². The lowest BCUT2D eigenvalue weighted by Crippen LogP contribution is -2.24. The number of hydrogen-bond donors (Lipinski definition) is 1. The lowest BCUT2D eigenvalue weighted by molar-refractivity contribution is -0.117. The first kappa shape index (κ1) is 22.1. The predicted molar refractivity (Wildman–Crippen MR) is 114 cm³/mol. The van der Waals surface area contributed by atoms with Crippen molar-refractivity contribution in [3.63, 3.8) is 0 Å². The maximum atomic E-state index is 12.3. The van der Waals surface area contributed by atoms with Gasteiger partial charge in [0.2, 0.25) is 21.7 Å². The van der Waals surface area contributed by atoms with E-state index in [2.05, 4.69) is 4.72 Å². The Balaban J connectivity index is 1.49. The summed E-state index contributed by atoms with van der Waals surface area (Å²) in [6.45, 7) is 0.540. The van der Waals surface area contributed by atoms with Crippen molar-refractivity contribution in [2.24, 2.45) is 0 Å². The van der Waals surface area contributed by atoms with Crippen molar-refractivity contribution >= 4 is 44.7 Å². The molecule has 0 spiro atoms. The van der Waals surface area contributed by atoms with Crippen molar-refractivity contribution in [3.8, 4) is 0 Å². The summed E-state index contributed by atoms with van der Waals surface area (Å²) in [6.07, 6.45) is 2.91. The van der Waals surface area contributed by atoms with Gasteiger partial charge in [-0.2, -0.15) is 0 Å². The molecule has 0 aliphatic carbocycles. The molecule has 0 bridgehead atoms. The van der Waals surface area contributed by atoms with Crippen molar-refractivity contribution in [2.45, 2.75) is 19.3 Å². The third-order valence-corrected chi connectivity index (χ3v) is 6.41. The van der Waals surface area contributed by atoms with E-state index in [1.807, 2.05) is 0 Å². The molecule has 1 aliphatic heterocycles. The molecule has 10 heteroatoms. The first-order chi connectivity index (χ1) is 14.2. The van der Waals surface area contributed by atoms with Crippen molar-refractivity contribution in [1.82, 2.24) is 4.72 Å². The zero-order chi connectivity index (χ0) is 21.7. The molecule has 0 atom stereocenters. The van der Waals surface area contributed by atoms with E-state index in [4.69, 9.17) is 4.74 Å². The largest absolute Gasteiger partial charge is 0.454 e. The third-order valence-electron chi connectivity index (χ3n) is 4.49. The Bertz CT molecular complexity index is 1040. The van der Waals surface area contributed by atoms with Crippen LogP contribution in [-0.4, -0.2) is 52.0 Å². The minimum absolute atomic E-state index is 0.0679. The Morgan fingerprint density at radius 1 is 1.17 bits per heavy atom. The van der Waals surface area contributed by atoms with Gasteiger partial charge in [0.25, 0.3) is 0 Å². The van der Waals surface area contributed by atoms with Gasteiger partial charge < -0.3 is 9.64 Å². The molecular formula is C20H22N2O6S2. The number of ether oxygens (including phenoxy) is 1. The highest BCUT2D eigenvalue weighted by molar-refractivity contribution is 7.88. The number of benzene rings is 1. The quantitative estimate of drug-likeness (QED) is 0.462. The predicted octanol–water partition coefficient (Wildman–Crippen LogP) is 2.01. The van der Waals surface area contributed by atoms with Crippen LogP contribution in [0.2, 0.25) is 0 Å². The van der Waals surface area contributed by atoms with Crippen LogP contribution in [0.5, 0.6) is 0 Å². The molecule has 2 aromatic rings. The normalized spacial score (nSPS) is 14.2. The van der Waals surface area contributed by atoms with E-state index < -0.39 is 16.0 Å². The summed E-state index contributed by atoms with van der Waals surface area (Å²) in [7, 11) is -3.25. The van der Waals surface area contributed by atoms with Crippen LogP contribution in [0.1, 0.15) is 37.7 Å². The Morgan fingerprint density at radius 2 is 1.90 bits per heavy atom. The van der Waals surface area contributed by atoms with Gasteiger partial charge in [-0.1, -0.05) is 0 Å². The van der Waals surface area contributed by atoms with Gasteiger partial charge in [0, 0.05) is 30.1 Å². The van der Waals surface area contributed by atoms with Gasteiger partial charge in [0.15, 0.2) is 6.61 Å². The third kappa shape index (κ3) is 5.97. The van der Waals surface area contributed by atoms with E-state index in [1.165, 1.54) is 11.3 Å². The topological polar surface area (TPSA) is 110 Å². The molecule has 8 nitrogen and oxygen atoms in total. The van der Waals surface area contributed by atoms with E-state index in [9.17, 15) is 22.8 Å². The maximum Gasteiger partial charge on any atom is 0.338 e. The molecule has 1 amide bonds. The molecule has 3 rings (SSSR count). The number of ketones is 1. The van der Waals surface area contributed by atoms with Crippen LogP contribution in [0.3, 0.4) is 0 Å². The Kier molecular flexibility index (Phi) is 7.01. The number of esters is 1. The van der Waals surface area contributed by atoms with E-state index >= 15 is 0 Å². The molecule has 1 aromatic heterocycles. The fourth-order valence-electron chi connectivity index (χ4n) is 3.01. The summed E-state index contributed by atoms with van der Waals surface area (Å²) in [6, 6.07) is 9.92. The molecule has 160 valence electrons. The lowest BCUT2D eigenvalue weighted by Gasteiger charge is -2.15. The molecule has 0 unspecified atom stereocenters. The molecule has 1 aromatic carbocycles. The molecule has 1 fully saturated rings. The zero-order valence-corrected chi connectivity index (χ0v) is 18.1. The van der Waals surface area contributed by atoms with Gasteiger partial charge in [0.1, 0.15) is 0 Å². The number of sulfonamides is 1. The average Bonchev–Trinajstić information content (AvgIpc) is 3.34. The van der Waals surface area contributed by atoms with Crippen molar-refractivity contribution in [1.29, 1.82) is 0 Å². The SMILES string of the molecule is CS(=O)(=O)NCCc1ccc(C(=O)COC(=O)c2ccc(N3CCCC3=O)cc2)s1. The molecular weight excluding hydrogens is 428 g/mol. The first-order valence-corrected chi connectivity index (χ1v) is 12.1. The highest BCUT2D eigenvalue weighted by atomic mass is 32.2. The molecule has 0 saturated carbocycles. The fourth-order valence-corrected chi connectivity index (χ4v) is 4.41. The standard InChI is InChI=1S/C20H22N2O6S2/c1-30(26,27)21-11-10-16-8-9-18(29-16)17(23)13-28-20(25)14-4-6-15(7-5-14)22-12-2-3-19(22)24/h4-9,21H,2-3,10-13H2,1H3. The second-order valence-corrected chi connectivity index (χ2v) is 9.88. The number of nitrogens with one attached hydrogen (secondary N) is 1. The minimum Gasteiger partial charge on any atom is -0.454 e. The summed E-state index contributed by atoms with van der Waals surface area (Å²) in [5.41, 5.74) is 1.04. The van der Waals surface area contributed by atoms with Crippen LogP contribution in [0.4, 0.5) is 5.69 Å². The lowest BCUT2D eigenvalue weighted by atomic mass is 10.2. The first-order valence-electron chi connectivity index (χ1n) is 9.37. The Morgan fingerprint density at radius 3 is 2.53 bits per heavy atom. The van der Waals surface area contributed by atoms with Crippen LogP contribution in [-0.2, 0) is 26.0 Å². The molecule has 2 heterocycles. The van der Waals surface area contributed by atoms with E-state index in [0.717, 1.165) is 23.2 Å². The van der Waals surface area contributed by atoms with Gasteiger partial charge in [0.05, 0.1) is 16.7 Å². The molecule has 0 radical (unpaired) electrons. The number of Topliss-reactive ketones (excluding diaryl/α,β-unsaturated/α-hetero) is 1. The number of amides is 1. The maximum absolute atomic E-state index is 12.3. The molecule has 30 heavy (non-hydrogen) atoms. The fraction of sp³-hybridized carbons (Fsp3) is 0.350. The Labute approximate surface area is 178 Å². The number of thiophene rings is 1. The second kappa shape index (κ2) is 9.50. The van der Waals surface area contributed by atoms with Gasteiger partial charge in [-0.25, -0.2) is 17.9 Å². The molecule has 1 N–H and O–H groups in total. The minimum atomic E-state index is -3.25. The number of anilines is 1. The second-order valence-electron chi connectivity index (χ2n) is 6.88. The highest BCUT2D eigenvalue weighted by Crippen LogP contribution is 2.22. The van der Waals surface area contributed by atoms with Gasteiger partial charge in [-0.15, -0.1) is 11.3 Å². The highest BCUT2D eigenvalue weighted by Gasteiger charge is 2.22. The summed E-state index contributed by atoms with van der Waals surface area (Å²) < 4.78 is 29.7. The summed E-state index contributed by atoms with van der Waals surface area (Å²) >= 11 is 1.24. The van der Waals surface area contributed by atoms with E-state index in [-0.39, 0.29) is 24.8 Å². The number of nitrogens with zero attached hydrogens (tertiary/aromatic N) is 1. The summed E-state index contributed by atoms with van der Waals surface area (Å²) in [5, 5.41) is 0. The van der Waals surface area contributed by atoms with Crippen LogP contribution in [0.25, 0.3) is 0 Å². The van der Waals surface area contributed by atoms with Crippen molar-refractivity contribution in [2.75, 3.05) is 30.9 Å². The van der Waals surface area contributed by atoms with Crippen molar-refractivity contribution in [3.05, 3.63) is 51.7 Å². The smallest absolute Gasteiger partial charge is 0.338 e. The number of hydrogen-bond acceptors (Lipinski definition) is 7. The van der Waals surface area contributed by atoms with E-state index in [0.29, 0.717) is 29.8 Å². The van der Waals surface area contributed by atoms with Crippen LogP contribution in [0.15, 0.2) is 36.4 Å². The average molecular weight is 451 g/mol. The van der Waals surface area contributed by atoms with Crippen LogP contribution in [0, 0.1) is 0 Å². The van der Waals surface area contributed by atoms with Crippen LogP contribution < -0.4 is 9.62 Å². The number of rotatable bonds is 9.